The van der Waals surface area contributed by atoms with E-state index in [1.165, 1.54) is 71.9 Å². The molecule has 0 spiro atoms. The molecule has 0 radical (unpaired) electrons. The second-order valence-corrected chi connectivity index (χ2v) is 24.0. The van der Waals surface area contributed by atoms with E-state index in [1.54, 1.807) is 12.1 Å². The minimum atomic E-state index is -0.382. The van der Waals surface area contributed by atoms with Crippen molar-refractivity contribution in [3.8, 4) is 84.8 Å². The largest absolute Gasteiger partial charge is 0.309 e. The number of fused-ring (bicyclic) bond motifs is 12. The van der Waals surface area contributed by atoms with Crippen molar-refractivity contribution < 1.29 is 4.39 Å². The summed E-state index contributed by atoms with van der Waals surface area (Å²) < 4.78 is 21.4. The highest BCUT2D eigenvalue weighted by atomic mass is 19.1. The first kappa shape index (κ1) is 58.5. The number of aromatic nitrogens is 3. The molecule has 0 unspecified atom stereocenters. The molecule has 14 aromatic carbocycles. The van der Waals surface area contributed by atoms with Crippen molar-refractivity contribution in [3.05, 3.63) is 366 Å². The van der Waals surface area contributed by atoms with Gasteiger partial charge in [0.25, 0.3) is 0 Å². The van der Waals surface area contributed by atoms with Crippen LogP contribution in [0.25, 0.3) is 148 Å². The van der Waals surface area contributed by atoms with E-state index in [0.29, 0.717) is 28.1 Å². The quantitative estimate of drug-likeness (QED) is 0.149. The van der Waals surface area contributed by atoms with Gasteiger partial charge in [-0.1, -0.05) is 206 Å². The van der Waals surface area contributed by atoms with E-state index >= 15 is 0 Å². The van der Waals surface area contributed by atoms with Crippen molar-refractivity contribution >= 4 is 76.8 Å². The lowest BCUT2D eigenvalue weighted by atomic mass is 9.94. The molecule has 3 heterocycles. The minimum absolute atomic E-state index is 0.318. The van der Waals surface area contributed by atoms with Crippen LogP contribution in [0.5, 0.6) is 0 Å². The molecule has 3 aromatic heterocycles. The molecule has 1 aliphatic carbocycles. The molecule has 17 aromatic rings. The van der Waals surface area contributed by atoms with Gasteiger partial charge in [-0.25, -0.2) is 14.1 Å². The van der Waals surface area contributed by atoms with Crippen LogP contribution in [0.3, 0.4) is 0 Å². The fraction of sp³-hybridized carbons (Fsp3) is 0.0112. The molecule has 0 N–H and O–H groups in total. The van der Waals surface area contributed by atoms with Crippen LogP contribution in [0.1, 0.15) is 22.3 Å². The Kier molecular flexibility index (Phi) is 14.9. The highest BCUT2D eigenvalue weighted by molar-refractivity contribution is 6.12. The van der Waals surface area contributed by atoms with Gasteiger partial charge in [0.1, 0.15) is 5.82 Å². The van der Waals surface area contributed by atoms with Gasteiger partial charge in [0.05, 0.1) is 75.2 Å². The van der Waals surface area contributed by atoms with Crippen LogP contribution in [0.15, 0.2) is 315 Å². The molecule has 97 heavy (non-hydrogen) atoms. The Hall–Kier alpha value is -13.6. The van der Waals surface area contributed by atoms with Crippen LogP contribution in [0, 0.1) is 41.6 Å². The lowest BCUT2D eigenvalue weighted by Crippen LogP contribution is -1.99. The number of benzene rings is 14. The Morgan fingerprint density at radius 2 is 0.794 bits per heavy atom. The zero-order valence-corrected chi connectivity index (χ0v) is 52.2. The molecule has 8 heteroatoms. The van der Waals surface area contributed by atoms with Crippen LogP contribution in [0.4, 0.5) is 15.8 Å². The summed E-state index contributed by atoms with van der Waals surface area (Å²) in [6.45, 7) is 15.0. The molecule has 0 saturated heterocycles. The maximum atomic E-state index is 14.6. The number of halogens is 1. The third-order valence-electron chi connectivity index (χ3n) is 18.6. The van der Waals surface area contributed by atoms with Crippen molar-refractivity contribution in [2.45, 2.75) is 6.42 Å². The number of rotatable bonds is 7. The standard InChI is InChI=1S/C44H26N4.C31H19FN2.C14H9N/c1-46-33-22-25-42-38(27-33)37-15-4-7-18-41(37)48(42)43-19-9-12-32(28-45)44(43)31-11-8-10-30(26-31)29-20-23-34(24-21-29)47-39-16-5-2-13-35(39)36-14-3-6-17-40(36)47;1-33-28-13-7-12-27(32)31(28)23-9-6-8-22(20-23)21-16-18-24(19-17-21)34-29-14-4-2-10-25(29)26-11-3-5-15-30(26)34;15-9-10-5-6-12-8-11-3-1-2-4-13(11)14(12)7-10/h2-27H;2-20H;1-7H,8H2. The molecule has 7 nitrogen and oxygen atoms in total. The number of hydrogen-bond acceptors (Lipinski definition) is 2. The van der Waals surface area contributed by atoms with Crippen molar-refractivity contribution in [1.82, 2.24) is 13.7 Å². The van der Waals surface area contributed by atoms with Crippen LogP contribution in [0.2, 0.25) is 0 Å². The van der Waals surface area contributed by atoms with Crippen molar-refractivity contribution in [2.24, 2.45) is 0 Å². The molecule has 18 rings (SSSR count). The highest BCUT2D eigenvalue weighted by Crippen LogP contribution is 2.43. The van der Waals surface area contributed by atoms with E-state index < -0.39 is 0 Å². The third-order valence-corrected chi connectivity index (χ3v) is 18.6. The predicted molar refractivity (Wildman–Crippen MR) is 394 cm³/mol. The van der Waals surface area contributed by atoms with Crippen LogP contribution in [-0.4, -0.2) is 13.7 Å². The Morgan fingerprint density at radius 3 is 1.33 bits per heavy atom. The topological polar surface area (TPSA) is 71.1 Å². The Labute approximate surface area is 559 Å². The SMILES string of the molecule is N#Cc1ccc2c(c1)-c1ccccc1C2.[C-]#[N+]c1ccc2c(c1)c1ccccc1n2-c1cccc(C#N)c1-c1cccc(-c2ccc(-n3c4ccccc4c4ccccc43)cc2)c1.[C-]#[N+]c1cccc(F)c1-c1cccc(-c2ccc(-n3c4ccccc4c4ccccc43)cc2)c1. The van der Waals surface area contributed by atoms with Gasteiger partial charge in [0.15, 0.2) is 11.4 Å². The Bertz CT molecular complexity index is 6070. The second kappa shape index (κ2) is 24.8. The first-order chi connectivity index (χ1) is 47.9. The van der Waals surface area contributed by atoms with Crippen LogP contribution >= 0.6 is 0 Å². The average Bonchev–Trinajstić information content (AvgIpc) is 1.63. The van der Waals surface area contributed by atoms with E-state index in [2.05, 4.69) is 248 Å². The first-order valence-corrected chi connectivity index (χ1v) is 32.0. The molecule has 452 valence electrons. The average molecular weight is 1240 g/mol. The zero-order valence-electron chi connectivity index (χ0n) is 52.2. The summed E-state index contributed by atoms with van der Waals surface area (Å²) in [4.78, 5) is 7.19. The van der Waals surface area contributed by atoms with Gasteiger partial charge in [0, 0.05) is 49.4 Å². The summed E-state index contributed by atoms with van der Waals surface area (Å²) in [5.41, 5.74) is 24.4. The normalized spacial score (nSPS) is 11.3. The third kappa shape index (κ3) is 10.4. The summed E-state index contributed by atoms with van der Waals surface area (Å²) in [5.74, 6) is -0.382. The lowest BCUT2D eigenvalue weighted by Gasteiger charge is -2.16. The fourth-order valence-electron chi connectivity index (χ4n) is 14.2. The van der Waals surface area contributed by atoms with Crippen LogP contribution < -0.4 is 0 Å². The van der Waals surface area contributed by atoms with Gasteiger partial charge in [-0.2, -0.15) is 10.5 Å². The van der Waals surface area contributed by atoms with E-state index in [0.717, 1.165) is 84.2 Å². The van der Waals surface area contributed by atoms with Crippen molar-refractivity contribution in [2.75, 3.05) is 0 Å². The van der Waals surface area contributed by atoms with Gasteiger partial charge in [0.2, 0.25) is 0 Å². The summed E-state index contributed by atoms with van der Waals surface area (Å²) in [6.07, 6.45) is 0.997. The molecule has 1 aliphatic rings. The molecular formula is C89H54FN7. The van der Waals surface area contributed by atoms with Crippen molar-refractivity contribution in [3.63, 3.8) is 0 Å². The van der Waals surface area contributed by atoms with Gasteiger partial charge >= 0.3 is 0 Å². The molecule has 0 amide bonds. The maximum absolute atomic E-state index is 14.6. The van der Waals surface area contributed by atoms with Gasteiger partial charge < -0.3 is 13.7 Å². The van der Waals surface area contributed by atoms with E-state index in [1.807, 2.05) is 84.9 Å². The van der Waals surface area contributed by atoms with E-state index in [-0.39, 0.29) is 5.82 Å². The predicted octanol–water partition coefficient (Wildman–Crippen LogP) is 23.6. The summed E-state index contributed by atoms with van der Waals surface area (Å²) in [5, 5.41) is 26.3. The van der Waals surface area contributed by atoms with Crippen LogP contribution in [-0.2, 0) is 6.42 Å². The number of nitriles is 2. The maximum Gasteiger partial charge on any atom is 0.197 e. The summed E-state index contributed by atoms with van der Waals surface area (Å²) in [7, 11) is 0. The Balaban J connectivity index is 0.000000130. The number of hydrogen-bond donors (Lipinski definition) is 0. The lowest BCUT2D eigenvalue weighted by molar-refractivity contribution is 0.632. The summed E-state index contributed by atoms with van der Waals surface area (Å²) in [6, 6.07) is 111. The highest BCUT2D eigenvalue weighted by Gasteiger charge is 2.22. The monoisotopic (exact) mass is 1240 g/mol. The van der Waals surface area contributed by atoms with Gasteiger partial charge in [-0.15, -0.1) is 0 Å². The first-order valence-electron chi connectivity index (χ1n) is 32.0. The summed E-state index contributed by atoms with van der Waals surface area (Å²) >= 11 is 0. The van der Waals surface area contributed by atoms with E-state index in [9.17, 15) is 9.65 Å². The number of para-hydroxylation sites is 5. The molecule has 0 aliphatic heterocycles. The van der Waals surface area contributed by atoms with Gasteiger partial charge in [-0.3, -0.25) is 0 Å². The smallest absolute Gasteiger partial charge is 0.197 e. The van der Waals surface area contributed by atoms with Gasteiger partial charge in [-0.05, 0) is 177 Å². The second-order valence-electron chi connectivity index (χ2n) is 24.0. The van der Waals surface area contributed by atoms with E-state index in [4.69, 9.17) is 18.4 Å². The molecule has 0 bridgehead atoms. The van der Waals surface area contributed by atoms with Crippen molar-refractivity contribution in [1.29, 1.82) is 10.5 Å². The molecule has 0 atom stereocenters. The fourth-order valence-corrected chi connectivity index (χ4v) is 14.2. The zero-order chi connectivity index (χ0) is 65.5. The molecular weight excluding hydrogens is 1190 g/mol. The number of nitrogens with zero attached hydrogens (tertiary/aromatic N) is 7. The molecule has 0 fully saturated rings. The minimum Gasteiger partial charge on any atom is -0.309 e. The molecule has 0 saturated carbocycles. The Morgan fingerprint density at radius 1 is 0.330 bits per heavy atom.